The Morgan fingerprint density at radius 2 is 1.78 bits per heavy atom. The minimum atomic E-state index is -0.454. The van der Waals surface area contributed by atoms with Gasteiger partial charge < -0.3 is 14.5 Å². The Labute approximate surface area is 137 Å². The topological polar surface area (TPSA) is 32.8 Å². The van der Waals surface area contributed by atoms with Crippen LogP contribution in [0, 0.1) is 0 Å². The van der Waals surface area contributed by atoms with E-state index in [2.05, 4.69) is 24.0 Å². The third-order valence-corrected chi connectivity index (χ3v) is 4.51. The molecule has 1 atom stereocenters. The number of carbonyl (C=O) groups excluding carboxylic acids is 1. The highest BCUT2D eigenvalue weighted by molar-refractivity contribution is 5.84. The highest BCUT2D eigenvalue weighted by Crippen LogP contribution is 2.21. The number of ether oxygens (including phenoxy) is 1. The molecule has 1 fully saturated rings. The Bertz CT molecular complexity index is 678. The van der Waals surface area contributed by atoms with Crippen LogP contribution in [0.15, 0.2) is 42.5 Å². The molecule has 4 nitrogen and oxygen atoms in total. The van der Waals surface area contributed by atoms with Crippen LogP contribution < -0.4 is 4.74 Å². The van der Waals surface area contributed by atoms with Gasteiger partial charge in [0.2, 0.25) is 0 Å². The van der Waals surface area contributed by atoms with E-state index in [1.165, 1.54) is 5.39 Å². The number of fused-ring (bicyclic) bond motifs is 1. The molecule has 3 rings (SSSR count). The monoisotopic (exact) mass is 312 g/mol. The molecule has 0 aliphatic carbocycles. The van der Waals surface area contributed by atoms with E-state index in [0.29, 0.717) is 0 Å². The van der Waals surface area contributed by atoms with E-state index in [1.807, 2.05) is 42.2 Å². The average Bonchev–Trinajstić information content (AvgIpc) is 2.61. The van der Waals surface area contributed by atoms with Gasteiger partial charge in [-0.15, -0.1) is 0 Å². The van der Waals surface area contributed by atoms with Gasteiger partial charge in [0.15, 0.2) is 6.10 Å². The van der Waals surface area contributed by atoms with Gasteiger partial charge >= 0.3 is 0 Å². The lowest BCUT2D eigenvalue weighted by Gasteiger charge is -2.35. The van der Waals surface area contributed by atoms with Crippen molar-refractivity contribution in [2.24, 2.45) is 0 Å². The fraction of sp³-hybridized carbons (Fsp3) is 0.421. The third-order valence-electron chi connectivity index (χ3n) is 4.51. The Kier molecular flexibility index (Phi) is 4.82. The van der Waals surface area contributed by atoms with Gasteiger partial charge in [-0.2, -0.15) is 0 Å². The SMILES string of the molecule is CCN1CCN(C(=O)[C@H](C)Oc2ccc3ccccc3c2)CC1. The first-order chi connectivity index (χ1) is 11.2. The van der Waals surface area contributed by atoms with Crippen LogP contribution in [0.4, 0.5) is 0 Å². The molecule has 0 saturated carbocycles. The summed E-state index contributed by atoms with van der Waals surface area (Å²) in [5.74, 6) is 0.825. The van der Waals surface area contributed by atoms with Crippen molar-refractivity contribution in [3.05, 3.63) is 42.5 Å². The van der Waals surface area contributed by atoms with Gasteiger partial charge in [0.05, 0.1) is 0 Å². The first-order valence-electron chi connectivity index (χ1n) is 8.34. The van der Waals surface area contributed by atoms with E-state index in [-0.39, 0.29) is 5.91 Å². The predicted molar refractivity (Wildman–Crippen MR) is 92.7 cm³/mol. The number of piperazine rings is 1. The molecular weight excluding hydrogens is 288 g/mol. The average molecular weight is 312 g/mol. The molecule has 0 spiro atoms. The molecule has 1 aliphatic heterocycles. The summed E-state index contributed by atoms with van der Waals surface area (Å²) in [6.07, 6.45) is -0.454. The quantitative estimate of drug-likeness (QED) is 0.870. The Morgan fingerprint density at radius 3 is 2.48 bits per heavy atom. The first-order valence-corrected chi connectivity index (χ1v) is 8.34. The molecule has 23 heavy (non-hydrogen) atoms. The van der Waals surface area contributed by atoms with Crippen molar-refractivity contribution >= 4 is 16.7 Å². The van der Waals surface area contributed by atoms with Crippen molar-refractivity contribution < 1.29 is 9.53 Å². The van der Waals surface area contributed by atoms with Gasteiger partial charge in [0.25, 0.3) is 5.91 Å². The zero-order valence-electron chi connectivity index (χ0n) is 13.9. The predicted octanol–water partition coefficient (Wildman–Crippen LogP) is 2.77. The molecule has 1 aliphatic rings. The summed E-state index contributed by atoms with van der Waals surface area (Å²) >= 11 is 0. The molecular formula is C19H24N2O2. The van der Waals surface area contributed by atoms with Crippen LogP contribution in [0.25, 0.3) is 10.8 Å². The van der Waals surface area contributed by atoms with Gasteiger partial charge in [-0.05, 0) is 36.4 Å². The highest BCUT2D eigenvalue weighted by Gasteiger charge is 2.25. The Morgan fingerprint density at radius 1 is 1.09 bits per heavy atom. The maximum Gasteiger partial charge on any atom is 0.263 e. The summed E-state index contributed by atoms with van der Waals surface area (Å²) < 4.78 is 5.89. The normalized spacial score (nSPS) is 17.2. The van der Waals surface area contributed by atoms with Crippen LogP contribution in [0.5, 0.6) is 5.75 Å². The lowest BCUT2D eigenvalue weighted by molar-refractivity contribution is -0.139. The number of likely N-dealkylation sites (N-methyl/N-ethyl adjacent to an activating group) is 1. The molecule has 4 heteroatoms. The zero-order valence-corrected chi connectivity index (χ0v) is 13.9. The standard InChI is InChI=1S/C19H24N2O2/c1-3-20-10-12-21(13-11-20)19(22)15(2)23-18-9-8-16-6-4-5-7-17(16)14-18/h4-9,14-15H,3,10-13H2,1-2H3/t15-/m0/s1. The molecule has 0 unspecified atom stereocenters. The van der Waals surface area contributed by atoms with Crippen molar-refractivity contribution in [3.8, 4) is 5.75 Å². The van der Waals surface area contributed by atoms with E-state index < -0.39 is 6.10 Å². The number of benzene rings is 2. The maximum atomic E-state index is 12.5. The second-order valence-electron chi connectivity index (χ2n) is 6.03. The van der Waals surface area contributed by atoms with Crippen molar-refractivity contribution in [2.45, 2.75) is 20.0 Å². The summed E-state index contributed by atoms with van der Waals surface area (Å²) in [6, 6.07) is 14.1. The van der Waals surface area contributed by atoms with Crippen LogP contribution in [0.2, 0.25) is 0 Å². The summed E-state index contributed by atoms with van der Waals surface area (Å²) in [7, 11) is 0. The van der Waals surface area contributed by atoms with E-state index >= 15 is 0 Å². The third kappa shape index (κ3) is 3.64. The van der Waals surface area contributed by atoms with Crippen molar-refractivity contribution in [1.29, 1.82) is 0 Å². The Balaban J connectivity index is 1.63. The van der Waals surface area contributed by atoms with E-state index in [9.17, 15) is 4.79 Å². The molecule has 1 saturated heterocycles. The van der Waals surface area contributed by atoms with Crippen LogP contribution in [0.1, 0.15) is 13.8 Å². The van der Waals surface area contributed by atoms with Gasteiger partial charge in [-0.25, -0.2) is 0 Å². The Hall–Kier alpha value is -2.07. The van der Waals surface area contributed by atoms with Crippen molar-refractivity contribution in [1.82, 2.24) is 9.80 Å². The van der Waals surface area contributed by atoms with Crippen molar-refractivity contribution in [3.63, 3.8) is 0 Å². The number of carbonyl (C=O) groups is 1. The molecule has 2 aromatic rings. The van der Waals surface area contributed by atoms with Crippen molar-refractivity contribution in [2.75, 3.05) is 32.7 Å². The number of nitrogens with zero attached hydrogens (tertiary/aromatic N) is 2. The van der Waals surface area contributed by atoms with Gasteiger partial charge in [-0.1, -0.05) is 37.3 Å². The van der Waals surface area contributed by atoms with Crippen LogP contribution in [-0.4, -0.2) is 54.5 Å². The molecule has 0 aromatic heterocycles. The second kappa shape index (κ2) is 7.01. The first kappa shape index (κ1) is 15.8. The second-order valence-corrected chi connectivity index (χ2v) is 6.03. The molecule has 0 radical (unpaired) electrons. The van der Waals surface area contributed by atoms with E-state index in [1.54, 1.807) is 0 Å². The number of rotatable bonds is 4. The maximum absolute atomic E-state index is 12.5. The molecule has 1 amide bonds. The summed E-state index contributed by atoms with van der Waals surface area (Å²) in [4.78, 5) is 16.8. The largest absolute Gasteiger partial charge is 0.481 e. The van der Waals surface area contributed by atoms with Gasteiger partial charge in [-0.3, -0.25) is 4.79 Å². The molecule has 0 N–H and O–H groups in total. The van der Waals surface area contributed by atoms with Crippen LogP contribution in [0.3, 0.4) is 0 Å². The minimum absolute atomic E-state index is 0.0777. The number of hydrogen-bond donors (Lipinski definition) is 0. The summed E-state index contributed by atoms with van der Waals surface area (Å²) in [6.45, 7) is 8.52. The van der Waals surface area contributed by atoms with E-state index in [4.69, 9.17) is 4.74 Å². The fourth-order valence-corrected chi connectivity index (χ4v) is 3.04. The highest BCUT2D eigenvalue weighted by atomic mass is 16.5. The van der Waals surface area contributed by atoms with E-state index in [0.717, 1.165) is 43.9 Å². The van der Waals surface area contributed by atoms with Gasteiger partial charge in [0, 0.05) is 26.2 Å². The fourth-order valence-electron chi connectivity index (χ4n) is 3.04. The van der Waals surface area contributed by atoms with Crippen LogP contribution in [-0.2, 0) is 4.79 Å². The number of hydrogen-bond acceptors (Lipinski definition) is 3. The molecule has 122 valence electrons. The summed E-state index contributed by atoms with van der Waals surface area (Å²) in [5, 5.41) is 2.30. The number of amides is 1. The zero-order chi connectivity index (χ0) is 16.2. The van der Waals surface area contributed by atoms with Crippen LogP contribution >= 0.6 is 0 Å². The van der Waals surface area contributed by atoms with Gasteiger partial charge in [0.1, 0.15) is 5.75 Å². The minimum Gasteiger partial charge on any atom is -0.481 e. The smallest absolute Gasteiger partial charge is 0.263 e. The lowest BCUT2D eigenvalue weighted by Crippen LogP contribution is -2.51. The molecule has 0 bridgehead atoms. The molecule has 2 aromatic carbocycles. The molecule has 1 heterocycles. The summed E-state index contributed by atoms with van der Waals surface area (Å²) in [5.41, 5.74) is 0. The lowest BCUT2D eigenvalue weighted by atomic mass is 10.1.